The van der Waals surface area contributed by atoms with Gasteiger partial charge in [0.2, 0.25) is 0 Å². The zero-order valence-electron chi connectivity index (χ0n) is 17.3. The molecule has 2 aliphatic rings. The first-order valence-corrected chi connectivity index (χ1v) is 11.4. The van der Waals surface area contributed by atoms with E-state index in [1.54, 1.807) is 11.3 Å². The highest BCUT2D eigenvalue weighted by Crippen LogP contribution is 2.24. The van der Waals surface area contributed by atoms with Crippen LogP contribution in [0.15, 0.2) is 10.4 Å². The molecule has 2 aliphatic heterocycles. The van der Waals surface area contributed by atoms with Crippen molar-refractivity contribution in [1.82, 2.24) is 20.5 Å². The summed E-state index contributed by atoms with van der Waals surface area (Å²) in [6.45, 7) is 11.2. The quantitative estimate of drug-likeness (QED) is 0.552. The zero-order chi connectivity index (χ0) is 19.1. The van der Waals surface area contributed by atoms with Crippen LogP contribution < -0.4 is 15.5 Å². The molecule has 0 aliphatic carbocycles. The van der Waals surface area contributed by atoms with E-state index < -0.39 is 0 Å². The first kappa shape index (κ1) is 20.4. The van der Waals surface area contributed by atoms with Crippen molar-refractivity contribution >= 4 is 22.4 Å². The molecule has 0 aromatic carbocycles. The Morgan fingerprint density at radius 2 is 1.81 bits per heavy atom. The van der Waals surface area contributed by atoms with Gasteiger partial charge in [-0.3, -0.25) is 9.89 Å². The summed E-state index contributed by atoms with van der Waals surface area (Å²) in [5, 5.41) is 10.3. The monoisotopic (exact) mass is 392 g/mol. The fourth-order valence-corrected chi connectivity index (χ4v) is 4.82. The average Bonchev–Trinajstić information content (AvgIpc) is 3.37. The Labute approximate surface area is 168 Å². The number of hydrogen-bond donors (Lipinski definition) is 2. The molecule has 0 bridgehead atoms. The molecule has 1 aromatic heterocycles. The molecule has 152 valence electrons. The molecule has 1 aromatic rings. The Kier molecular flexibility index (Phi) is 7.35. The smallest absolute Gasteiger partial charge is 0.191 e. The van der Waals surface area contributed by atoms with Crippen LogP contribution in [0.1, 0.15) is 51.6 Å². The lowest BCUT2D eigenvalue weighted by Crippen LogP contribution is -2.55. The maximum absolute atomic E-state index is 4.80. The summed E-state index contributed by atoms with van der Waals surface area (Å²) < 4.78 is 0. The molecule has 27 heavy (non-hydrogen) atoms. The molecule has 0 atom stereocenters. The fraction of sp³-hybridized carbons (Fsp3) is 0.800. The third-order valence-corrected chi connectivity index (χ3v) is 6.66. The second-order valence-electron chi connectivity index (χ2n) is 8.28. The summed E-state index contributed by atoms with van der Waals surface area (Å²) in [6, 6.07) is 0. The van der Waals surface area contributed by atoms with Crippen molar-refractivity contribution in [2.75, 3.05) is 51.2 Å². The van der Waals surface area contributed by atoms with Gasteiger partial charge < -0.3 is 15.5 Å². The lowest BCUT2D eigenvalue weighted by Gasteiger charge is -2.41. The van der Waals surface area contributed by atoms with Crippen molar-refractivity contribution in [1.29, 1.82) is 0 Å². The Morgan fingerprint density at radius 1 is 1.11 bits per heavy atom. The van der Waals surface area contributed by atoms with Crippen LogP contribution in [0.25, 0.3) is 0 Å². The lowest BCUT2D eigenvalue weighted by atomic mass is 9.98. The Hall–Kier alpha value is -1.34. The van der Waals surface area contributed by atoms with Gasteiger partial charge in [0.15, 0.2) is 11.1 Å². The third-order valence-electron chi connectivity index (χ3n) is 5.71. The van der Waals surface area contributed by atoms with Crippen molar-refractivity contribution in [3.05, 3.63) is 11.1 Å². The first-order valence-electron chi connectivity index (χ1n) is 10.5. The molecular formula is C20H36N6S. The average molecular weight is 393 g/mol. The topological polar surface area (TPSA) is 55.8 Å². The van der Waals surface area contributed by atoms with E-state index in [9.17, 15) is 0 Å². The van der Waals surface area contributed by atoms with Crippen LogP contribution in [0.5, 0.6) is 0 Å². The van der Waals surface area contributed by atoms with Gasteiger partial charge in [0.1, 0.15) is 0 Å². The zero-order valence-corrected chi connectivity index (χ0v) is 18.1. The number of anilines is 1. The normalized spacial score (nSPS) is 19.5. The van der Waals surface area contributed by atoms with Crippen LogP contribution >= 0.6 is 11.3 Å². The Balaban J connectivity index is 1.40. The number of aliphatic imine (C=N–C) groups is 1. The van der Waals surface area contributed by atoms with Crippen LogP contribution in [0.4, 0.5) is 5.13 Å². The minimum Gasteiger partial charge on any atom is -0.356 e. The molecule has 2 N–H and O–H groups in total. The number of piperidine rings is 1. The van der Waals surface area contributed by atoms with Crippen molar-refractivity contribution < 1.29 is 0 Å². The van der Waals surface area contributed by atoms with Crippen molar-refractivity contribution in [3.63, 3.8) is 0 Å². The van der Waals surface area contributed by atoms with Crippen molar-refractivity contribution in [3.8, 4) is 0 Å². The minimum absolute atomic E-state index is 0.150. The molecule has 3 heterocycles. The van der Waals surface area contributed by atoms with E-state index in [2.05, 4.69) is 44.7 Å². The number of rotatable bonds is 7. The lowest BCUT2D eigenvalue weighted by molar-refractivity contribution is 0.0982. The van der Waals surface area contributed by atoms with Crippen LogP contribution in [0, 0.1) is 0 Å². The summed E-state index contributed by atoms with van der Waals surface area (Å²) in [7, 11) is 1.84. The van der Waals surface area contributed by atoms with E-state index in [1.807, 2.05) is 7.05 Å². The molecular weight excluding hydrogens is 356 g/mol. The van der Waals surface area contributed by atoms with E-state index in [1.165, 1.54) is 56.0 Å². The molecule has 0 saturated carbocycles. The SMILES string of the molecule is CN=C(NCCc1csc(N2CCCC2)n1)NCC(C)(C)N1CCCCC1. The predicted molar refractivity (Wildman–Crippen MR) is 116 cm³/mol. The Morgan fingerprint density at radius 3 is 2.52 bits per heavy atom. The Bertz CT molecular complexity index is 599. The number of aromatic nitrogens is 1. The highest BCUT2D eigenvalue weighted by molar-refractivity contribution is 7.13. The standard InChI is InChI=1S/C20H36N6S/c1-20(2,26-13-5-4-6-14-26)16-23-18(21-3)22-10-9-17-15-27-19(24-17)25-11-7-8-12-25/h15H,4-14,16H2,1-3H3,(H2,21,22,23). The molecule has 2 saturated heterocycles. The maximum atomic E-state index is 4.80. The highest BCUT2D eigenvalue weighted by atomic mass is 32.1. The van der Waals surface area contributed by atoms with Gasteiger partial charge in [0, 0.05) is 50.6 Å². The van der Waals surface area contributed by atoms with Crippen LogP contribution in [-0.2, 0) is 6.42 Å². The van der Waals surface area contributed by atoms with E-state index in [0.29, 0.717) is 0 Å². The van der Waals surface area contributed by atoms with Crippen molar-refractivity contribution in [2.45, 2.75) is 57.9 Å². The second kappa shape index (κ2) is 9.73. The van der Waals surface area contributed by atoms with Gasteiger partial charge in [0.05, 0.1) is 5.69 Å². The summed E-state index contributed by atoms with van der Waals surface area (Å²) in [5.74, 6) is 0.884. The number of nitrogens with one attached hydrogen (secondary N) is 2. The largest absolute Gasteiger partial charge is 0.356 e. The molecule has 3 rings (SSSR count). The van der Waals surface area contributed by atoms with Gasteiger partial charge in [-0.15, -0.1) is 11.3 Å². The molecule has 2 fully saturated rings. The maximum Gasteiger partial charge on any atom is 0.191 e. The number of thiazole rings is 1. The fourth-order valence-electron chi connectivity index (χ4n) is 3.91. The first-order chi connectivity index (χ1) is 13.1. The second-order valence-corrected chi connectivity index (χ2v) is 9.11. The number of nitrogens with zero attached hydrogens (tertiary/aromatic N) is 4. The summed E-state index contributed by atoms with van der Waals surface area (Å²) in [4.78, 5) is 14.2. The van der Waals surface area contributed by atoms with Gasteiger partial charge in [-0.05, 0) is 52.6 Å². The van der Waals surface area contributed by atoms with Crippen LogP contribution in [-0.4, -0.2) is 67.7 Å². The van der Waals surface area contributed by atoms with E-state index >= 15 is 0 Å². The molecule has 0 spiro atoms. The summed E-state index contributed by atoms with van der Waals surface area (Å²) in [6.07, 6.45) is 7.55. The predicted octanol–water partition coefficient (Wildman–Crippen LogP) is 2.72. The number of likely N-dealkylation sites (tertiary alicyclic amines) is 1. The molecule has 7 heteroatoms. The third kappa shape index (κ3) is 5.82. The number of hydrogen-bond acceptors (Lipinski definition) is 5. The van der Waals surface area contributed by atoms with Gasteiger partial charge in [-0.1, -0.05) is 6.42 Å². The van der Waals surface area contributed by atoms with Gasteiger partial charge in [-0.25, -0.2) is 4.98 Å². The molecule has 0 unspecified atom stereocenters. The van der Waals surface area contributed by atoms with E-state index in [4.69, 9.17) is 4.98 Å². The van der Waals surface area contributed by atoms with Crippen molar-refractivity contribution in [2.24, 2.45) is 4.99 Å². The molecule has 0 radical (unpaired) electrons. The summed E-state index contributed by atoms with van der Waals surface area (Å²) in [5.41, 5.74) is 1.33. The molecule has 6 nitrogen and oxygen atoms in total. The molecule has 0 amide bonds. The van der Waals surface area contributed by atoms with Crippen LogP contribution in [0.3, 0.4) is 0 Å². The minimum atomic E-state index is 0.150. The van der Waals surface area contributed by atoms with E-state index in [0.717, 1.165) is 38.6 Å². The van der Waals surface area contributed by atoms with Crippen LogP contribution in [0.2, 0.25) is 0 Å². The van der Waals surface area contributed by atoms with E-state index in [-0.39, 0.29) is 5.54 Å². The van der Waals surface area contributed by atoms with Gasteiger partial charge in [-0.2, -0.15) is 0 Å². The highest BCUT2D eigenvalue weighted by Gasteiger charge is 2.27. The van der Waals surface area contributed by atoms with Gasteiger partial charge in [0.25, 0.3) is 0 Å². The summed E-state index contributed by atoms with van der Waals surface area (Å²) >= 11 is 1.78. The number of guanidine groups is 1. The van der Waals surface area contributed by atoms with Gasteiger partial charge >= 0.3 is 0 Å².